The molecular weight excluding hydrogens is 159 g/mol. The molecule has 1 unspecified atom stereocenters. The summed E-state index contributed by atoms with van der Waals surface area (Å²) in [4.78, 5) is 10.4. The summed E-state index contributed by atoms with van der Waals surface area (Å²) in [5.41, 5.74) is 0.459. The summed E-state index contributed by atoms with van der Waals surface area (Å²) in [5.74, 6) is -1.04. The molecule has 0 aromatic rings. The quantitative estimate of drug-likeness (QED) is 0.665. The third-order valence-corrected chi connectivity index (χ3v) is 1.92. The second kappa shape index (κ2) is 4.91. The van der Waals surface area contributed by atoms with Crippen molar-refractivity contribution in [2.24, 2.45) is 0 Å². The van der Waals surface area contributed by atoms with E-state index >= 15 is 0 Å². The molecule has 0 heterocycles. The minimum absolute atomic E-state index is 0.121. The highest BCUT2D eigenvalue weighted by Gasteiger charge is 2.13. The molecule has 12 heavy (non-hydrogen) atoms. The molecular formula is C9H15FO2. The van der Waals surface area contributed by atoms with Crippen molar-refractivity contribution in [1.29, 1.82) is 0 Å². The maximum atomic E-state index is 13.1. The van der Waals surface area contributed by atoms with E-state index in [1.807, 2.05) is 6.92 Å². The fourth-order valence-electron chi connectivity index (χ4n) is 0.874. The van der Waals surface area contributed by atoms with Crippen molar-refractivity contribution in [3.63, 3.8) is 0 Å². The maximum absolute atomic E-state index is 13.1. The van der Waals surface area contributed by atoms with Gasteiger partial charge in [0.15, 0.2) is 0 Å². The first kappa shape index (κ1) is 11.1. The minimum atomic E-state index is -1.11. The van der Waals surface area contributed by atoms with Crippen LogP contribution in [0.2, 0.25) is 0 Å². The first-order chi connectivity index (χ1) is 5.50. The van der Waals surface area contributed by atoms with Crippen LogP contribution in [0.3, 0.4) is 0 Å². The Labute approximate surface area is 72.1 Å². The molecule has 0 aromatic heterocycles. The number of allylic oxidation sites excluding steroid dienone is 1. The maximum Gasteiger partial charge on any atom is 0.331 e. The lowest BCUT2D eigenvalue weighted by Gasteiger charge is -2.08. The number of halogens is 1. The Hall–Kier alpha value is -0.860. The van der Waals surface area contributed by atoms with Crippen molar-refractivity contribution in [3.8, 4) is 0 Å². The van der Waals surface area contributed by atoms with E-state index in [1.165, 1.54) is 13.8 Å². The van der Waals surface area contributed by atoms with Gasteiger partial charge in [-0.2, -0.15) is 0 Å². The molecule has 1 atom stereocenters. The van der Waals surface area contributed by atoms with Crippen LogP contribution in [0.1, 0.15) is 33.6 Å². The Morgan fingerprint density at radius 3 is 2.33 bits per heavy atom. The number of rotatable bonds is 4. The summed E-state index contributed by atoms with van der Waals surface area (Å²) >= 11 is 0. The van der Waals surface area contributed by atoms with Gasteiger partial charge in [0.25, 0.3) is 0 Å². The van der Waals surface area contributed by atoms with Gasteiger partial charge in [0.05, 0.1) is 0 Å². The van der Waals surface area contributed by atoms with Crippen LogP contribution in [0.4, 0.5) is 4.39 Å². The van der Waals surface area contributed by atoms with Crippen LogP contribution in [0.15, 0.2) is 11.1 Å². The molecule has 0 aliphatic carbocycles. The summed E-state index contributed by atoms with van der Waals surface area (Å²) in [6.45, 7) is 4.83. The normalized spacial score (nSPS) is 15.3. The molecule has 0 aliphatic heterocycles. The topological polar surface area (TPSA) is 37.3 Å². The Balaban J connectivity index is 4.43. The predicted molar refractivity (Wildman–Crippen MR) is 45.8 cm³/mol. The van der Waals surface area contributed by atoms with Gasteiger partial charge in [-0.1, -0.05) is 13.3 Å². The smallest absolute Gasteiger partial charge is 0.331 e. The van der Waals surface area contributed by atoms with E-state index in [9.17, 15) is 9.18 Å². The van der Waals surface area contributed by atoms with Gasteiger partial charge in [-0.15, -0.1) is 0 Å². The molecule has 0 amide bonds. The highest BCUT2D eigenvalue weighted by Crippen LogP contribution is 2.16. The Morgan fingerprint density at radius 1 is 1.50 bits per heavy atom. The first-order valence-electron chi connectivity index (χ1n) is 4.05. The van der Waals surface area contributed by atoms with E-state index in [0.717, 1.165) is 6.42 Å². The van der Waals surface area contributed by atoms with Crippen LogP contribution in [-0.4, -0.2) is 17.2 Å². The number of aliphatic carboxylic acids is 1. The largest absolute Gasteiger partial charge is 0.478 e. The van der Waals surface area contributed by atoms with Crippen LogP contribution < -0.4 is 0 Å². The van der Waals surface area contributed by atoms with Crippen LogP contribution in [0.5, 0.6) is 0 Å². The summed E-state index contributed by atoms with van der Waals surface area (Å²) in [6, 6.07) is 0. The molecule has 0 rings (SSSR count). The van der Waals surface area contributed by atoms with Crippen molar-refractivity contribution >= 4 is 5.97 Å². The Bertz CT molecular complexity index is 197. The predicted octanol–water partition coefficient (Wildman–Crippen LogP) is 2.55. The van der Waals surface area contributed by atoms with Gasteiger partial charge in [0, 0.05) is 5.57 Å². The molecule has 0 saturated heterocycles. The molecule has 0 aliphatic rings. The molecule has 0 bridgehead atoms. The number of alkyl halides is 1. The molecule has 0 radical (unpaired) electrons. The average Bonchev–Trinajstić information content (AvgIpc) is 2.02. The molecule has 2 nitrogen and oxygen atoms in total. The summed E-state index contributed by atoms with van der Waals surface area (Å²) < 4.78 is 13.1. The van der Waals surface area contributed by atoms with Gasteiger partial charge >= 0.3 is 5.97 Å². The van der Waals surface area contributed by atoms with Gasteiger partial charge < -0.3 is 5.11 Å². The lowest BCUT2D eigenvalue weighted by Crippen LogP contribution is -2.08. The van der Waals surface area contributed by atoms with Gasteiger partial charge in [-0.05, 0) is 25.8 Å². The van der Waals surface area contributed by atoms with E-state index < -0.39 is 12.1 Å². The lowest BCUT2D eigenvalue weighted by atomic mass is 10.0. The fraction of sp³-hybridized carbons (Fsp3) is 0.667. The van der Waals surface area contributed by atoms with Gasteiger partial charge in [-0.25, -0.2) is 9.18 Å². The number of hydrogen-bond donors (Lipinski definition) is 1. The third kappa shape index (κ3) is 3.03. The molecule has 0 fully saturated rings. The highest BCUT2D eigenvalue weighted by atomic mass is 19.1. The zero-order valence-electron chi connectivity index (χ0n) is 7.72. The van der Waals surface area contributed by atoms with Crippen molar-refractivity contribution in [2.45, 2.75) is 39.8 Å². The molecule has 0 aromatic carbocycles. The van der Waals surface area contributed by atoms with Crippen LogP contribution in [0, 0.1) is 0 Å². The molecule has 3 heteroatoms. The molecule has 70 valence electrons. The van der Waals surface area contributed by atoms with Crippen LogP contribution in [0.25, 0.3) is 0 Å². The van der Waals surface area contributed by atoms with Gasteiger partial charge in [-0.3, -0.25) is 0 Å². The summed E-state index contributed by atoms with van der Waals surface area (Å²) in [7, 11) is 0. The van der Waals surface area contributed by atoms with Crippen LogP contribution >= 0.6 is 0 Å². The lowest BCUT2D eigenvalue weighted by molar-refractivity contribution is -0.132. The van der Waals surface area contributed by atoms with Crippen molar-refractivity contribution < 1.29 is 14.3 Å². The second-order valence-corrected chi connectivity index (χ2v) is 2.87. The minimum Gasteiger partial charge on any atom is -0.478 e. The summed E-state index contributed by atoms with van der Waals surface area (Å²) in [5, 5.41) is 8.54. The monoisotopic (exact) mass is 174 g/mol. The van der Waals surface area contributed by atoms with Crippen LogP contribution in [-0.2, 0) is 4.79 Å². The number of hydrogen-bond acceptors (Lipinski definition) is 1. The summed E-state index contributed by atoms with van der Waals surface area (Å²) in [6.07, 6.45) is 0.0214. The average molecular weight is 174 g/mol. The number of carboxylic acid groups (broad SMARTS) is 1. The molecule has 0 spiro atoms. The van der Waals surface area contributed by atoms with Crippen molar-refractivity contribution in [2.75, 3.05) is 0 Å². The Morgan fingerprint density at radius 2 is 2.00 bits per heavy atom. The zero-order valence-corrected chi connectivity index (χ0v) is 7.72. The fourth-order valence-corrected chi connectivity index (χ4v) is 0.874. The van der Waals surface area contributed by atoms with E-state index in [1.54, 1.807) is 0 Å². The van der Waals surface area contributed by atoms with E-state index in [0.29, 0.717) is 12.0 Å². The Kier molecular flexibility index (Phi) is 4.55. The number of carboxylic acids is 1. The second-order valence-electron chi connectivity index (χ2n) is 2.87. The van der Waals surface area contributed by atoms with Gasteiger partial charge in [0.1, 0.15) is 6.17 Å². The van der Waals surface area contributed by atoms with Crippen molar-refractivity contribution in [1.82, 2.24) is 0 Å². The first-order valence-corrected chi connectivity index (χ1v) is 4.05. The standard InChI is InChI=1S/C9H15FO2/c1-4-5-8(10)6(2)7(3)9(11)12/h8H,4-5H2,1-3H3,(H,11,12). The zero-order chi connectivity index (χ0) is 9.72. The van der Waals surface area contributed by atoms with E-state index in [-0.39, 0.29) is 5.57 Å². The van der Waals surface area contributed by atoms with Gasteiger partial charge in [0.2, 0.25) is 0 Å². The van der Waals surface area contributed by atoms with E-state index in [4.69, 9.17) is 5.11 Å². The highest BCUT2D eigenvalue weighted by molar-refractivity contribution is 5.86. The third-order valence-electron chi connectivity index (χ3n) is 1.92. The number of carbonyl (C=O) groups is 1. The van der Waals surface area contributed by atoms with Crippen molar-refractivity contribution in [3.05, 3.63) is 11.1 Å². The molecule has 1 N–H and O–H groups in total. The SMILES string of the molecule is CCCC(F)C(C)=C(C)C(=O)O. The molecule has 0 saturated carbocycles. The van der Waals surface area contributed by atoms with E-state index in [2.05, 4.69) is 0 Å².